The molecule has 8 N–H and O–H groups in total. The molecule has 196 valence electrons. The van der Waals surface area contributed by atoms with Crippen molar-refractivity contribution in [2.75, 3.05) is 20.8 Å². The molecule has 36 heavy (non-hydrogen) atoms. The number of methoxy groups -OCH3 is 2. The van der Waals surface area contributed by atoms with E-state index in [1.165, 1.54) is 14.2 Å². The summed E-state index contributed by atoms with van der Waals surface area (Å²) in [6.45, 7) is -0.760. The molecule has 0 saturated heterocycles. The molecular weight excluding hydrogens is 484 g/mol. The number of phenols is 3. The summed E-state index contributed by atoms with van der Waals surface area (Å²) < 4.78 is 15.8. The smallest absolute Gasteiger partial charge is 0.239 e. The van der Waals surface area contributed by atoms with Crippen LogP contribution in [0, 0.1) is 0 Å². The Hall–Kier alpha value is -3.88. The topological polar surface area (TPSA) is 228 Å². The maximum absolute atomic E-state index is 12.8. The fourth-order valence-electron chi connectivity index (χ4n) is 3.12. The molecule has 3 aromatic rings. The maximum Gasteiger partial charge on any atom is 0.239 e. The molecule has 0 aliphatic rings. The first-order valence-corrected chi connectivity index (χ1v) is 10.2. The van der Waals surface area contributed by atoms with E-state index in [1.54, 1.807) is 30.3 Å². The van der Waals surface area contributed by atoms with E-state index in [0.717, 1.165) is 0 Å². The van der Waals surface area contributed by atoms with Crippen molar-refractivity contribution in [1.82, 2.24) is 0 Å². The molecule has 0 aliphatic heterocycles. The van der Waals surface area contributed by atoms with Gasteiger partial charge in [-0.05, 0) is 0 Å². The molecule has 0 radical (unpaired) electrons. The number of carbonyl (C=O) groups excluding carboxylic acids is 1. The number of rotatable bonds is 8. The number of benzene rings is 2. The van der Waals surface area contributed by atoms with Crippen LogP contribution in [0.25, 0.3) is 22.3 Å². The van der Waals surface area contributed by atoms with Gasteiger partial charge in [-0.1, -0.05) is 30.3 Å². The van der Waals surface area contributed by atoms with Crippen molar-refractivity contribution >= 4 is 17.3 Å². The first kappa shape index (κ1) is 28.4. The van der Waals surface area contributed by atoms with E-state index < -0.39 is 53.7 Å². The number of carbonyl (C=O) groups is 1. The van der Waals surface area contributed by atoms with Crippen LogP contribution in [-0.4, -0.2) is 92.4 Å². The lowest BCUT2D eigenvalue weighted by Gasteiger charge is -2.22. The van der Waals surface area contributed by atoms with Crippen molar-refractivity contribution < 1.29 is 59.5 Å². The minimum Gasteiger partial charge on any atom is -0.502 e. The Morgan fingerprint density at radius 2 is 1.47 bits per heavy atom. The van der Waals surface area contributed by atoms with Gasteiger partial charge in [0.25, 0.3) is 0 Å². The average Bonchev–Trinajstić information content (AvgIpc) is 2.91. The quantitative estimate of drug-likeness (QED) is 0.137. The molecule has 2 aromatic carbocycles. The number of hydrogen-bond donors (Lipinski definition) is 8. The first-order chi connectivity index (χ1) is 17.0. The van der Waals surface area contributed by atoms with E-state index in [-0.39, 0.29) is 34.5 Å². The second-order valence-corrected chi connectivity index (χ2v) is 7.30. The fourth-order valence-corrected chi connectivity index (χ4v) is 3.12. The van der Waals surface area contributed by atoms with E-state index >= 15 is 0 Å². The van der Waals surface area contributed by atoms with E-state index in [4.69, 9.17) is 39.4 Å². The van der Waals surface area contributed by atoms with Crippen LogP contribution in [0.15, 0.2) is 39.5 Å². The van der Waals surface area contributed by atoms with Crippen molar-refractivity contribution in [1.29, 1.82) is 0 Å². The Balaban J connectivity index is 0.000000324. The number of aromatic hydroxyl groups is 3. The number of aliphatic hydroxyl groups is 5. The minimum absolute atomic E-state index is 0.0258. The Morgan fingerprint density at radius 3 is 1.97 bits per heavy atom. The Labute approximate surface area is 203 Å². The zero-order valence-corrected chi connectivity index (χ0v) is 19.1. The molecule has 0 unspecified atom stereocenters. The summed E-state index contributed by atoms with van der Waals surface area (Å²) in [6, 6.07) is 8.67. The number of hydrogen-bond acceptors (Lipinski definition) is 13. The number of aldehydes is 1. The first-order valence-electron chi connectivity index (χ1n) is 10.2. The lowest BCUT2D eigenvalue weighted by molar-refractivity contribution is -0.136. The van der Waals surface area contributed by atoms with Gasteiger partial charge in [0.15, 0.2) is 23.4 Å². The molecule has 1 heterocycles. The second kappa shape index (κ2) is 12.2. The molecule has 0 amide bonds. The van der Waals surface area contributed by atoms with Crippen molar-refractivity contribution in [2.45, 2.75) is 24.4 Å². The van der Waals surface area contributed by atoms with Crippen LogP contribution in [0.2, 0.25) is 0 Å². The Kier molecular flexibility index (Phi) is 9.60. The number of phenolic OH excluding ortho intramolecular Hbond substituents is 3. The molecule has 0 fully saturated rings. The van der Waals surface area contributed by atoms with E-state index in [2.05, 4.69) is 0 Å². The lowest BCUT2D eigenvalue weighted by atomic mass is 10.0. The van der Waals surface area contributed by atoms with Crippen molar-refractivity contribution in [3.8, 4) is 40.1 Å². The number of ether oxygens (including phenoxy) is 2. The fraction of sp³-hybridized carbons (Fsp3) is 0.304. The van der Waals surface area contributed by atoms with Gasteiger partial charge >= 0.3 is 0 Å². The molecule has 0 spiro atoms. The molecular formula is C23H26O13. The molecule has 0 aliphatic carbocycles. The van der Waals surface area contributed by atoms with Gasteiger partial charge in [0.1, 0.15) is 29.8 Å². The van der Waals surface area contributed by atoms with Gasteiger partial charge in [0.2, 0.25) is 28.4 Å². The van der Waals surface area contributed by atoms with E-state index in [9.17, 15) is 24.9 Å². The van der Waals surface area contributed by atoms with Crippen LogP contribution in [-0.2, 0) is 4.79 Å². The monoisotopic (exact) mass is 510 g/mol. The third-order valence-electron chi connectivity index (χ3n) is 5.04. The second-order valence-electron chi connectivity index (χ2n) is 7.30. The number of aliphatic hydroxyl groups excluding tert-OH is 5. The summed E-state index contributed by atoms with van der Waals surface area (Å²) in [5.74, 6) is -2.71. The highest BCUT2D eigenvalue weighted by atomic mass is 16.5. The van der Waals surface area contributed by atoms with Gasteiger partial charge in [-0.15, -0.1) is 0 Å². The highest BCUT2D eigenvalue weighted by Crippen LogP contribution is 2.49. The molecule has 4 atom stereocenters. The van der Waals surface area contributed by atoms with Gasteiger partial charge < -0.3 is 59.5 Å². The molecule has 0 bridgehead atoms. The molecule has 3 rings (SSSR count). The van der Waals surface area contributed by atoms with E-state index in [0.29, 0.717) is 5.56 Å². The number of fused-ring (bicyclic) bond motifs is 1. The zero-order valence-electron chi connectivity index (χ0n) is 19.1. The summed E-state index contributed by atoms with van der Waals surface area (Å²) in [7, 11) is 2.51. The third kappa shape index (κ3) is 5.50. The van der Waals surface area contributed by atoms with Crippen LogP contribution in [0.5, 0.6) is 28.7 Å². The molecule has 0 saturated carbocycles. The SMILES string of the molecule is COc1c(-c2ccccc2)oc2c(O)c(O)c(O)c(OC)c2c1=O.O=C[C@H](O)[C@@H](O)[C@H](O)[C@H](O)CO. The summed E-state index contributed by atoms with van der Waals surface area (Å²) in [5, 5.41) is 73.1. The van der Waals surface area contributed by atoms with Gasteiger partial charge in [-0.2, -0.15) is 0 Å². The highest BCUT2D eigenvalue weighted by molar-refractivity contribution is 5.96. The van der Waals surface area contributed by atoms with Crippen LogP contribution in [0.3, 0.4) is 0 Å². The standard InChI is InChI=1S/C17H14O7.C6H12O6/c1-22-15-9-10(18)17(23-2)14(8-6-4-3-5-7-8)24-16(9)13(21)11(19)12(15)20;7-1-3(9)5(11)6(12)4(10)2-8/h3-7,19-21H,1-2H3;1,3-6,8-12H,2H2/t;3-,4+,5+,6+/m.0/s1. The molecule has 13 nitrogen and oxygen atoms in total. The largest absolute Gasteiger partial charge is 0.502 e. The van der Waals surface area contributed by atoms with Crippen molar-refractivity contribution in [3.05, 3.63) is 40.6 Å². The van der Waals surface area contributed by atoms with Crippen LogP contribution in [0.1, 0.15) is 0 Å². The normalized spacial score (nSPS) is 14.2. The summed E-state index contributed by atoms with van der Waals surface area (Å²) in [6.07, 6.45) is -6.84. The third-order valence-corrected chi connectivity index (χ3v) is 5.04. The molecule has 13 heteroatoms. The minimum atomic E-state index is -1.79. The zero-order chi connectivity index (χ0) is 27.2. The summed E-state index contributed by atoms with van der Waals surface area (Å²) in [4.78, 5) is 22.7. The Morgan fingerprint density at radius 1 is 0.889 bits per heavy atom. The van der Waals surface area contributed by atoms with Gasteiger partial charge in [-0.3, -0.25) is 4.79 Å². The van der Waals surface area contributed by atoms with E-state index in [1.807, 2.05) is 0 Å². The average molecular weight is 510 g/mol. The predicted octanol–water partition coefficient (Wildman–Crippen LogP) is -0.785. The van der Waals surface area contributed by atoms with Crippen molar-refractivity contribution in [3.63, 3.8) is 0 Å². The predicted molar refractivity (Wildman–Crippen MR) is 123 cm³/mol. The summed E-state index contributed by atoms with van der Waals surface area (Å²) in [5.41, 5.74) is -0.425. The maximum atomic E-state index is 12.8. The van der Waals surface area contributed by atoms with Crippen LogP contribution < -0.4 is 14.9 Å². The van der Waals surface area contributed by atoms with Gasteiger partial charge in [0, 0.05) is 5.56 Å². The summed E-state index contributed by atoms with van der Waals surface area (Å²) >= 11 is 0. The van der Waals surface area contributed by atoms with Crippen LogP contribution in [0.4, 0.5) is 0 Å². The Bertz CT molecular complexity index is 1240. The molecule has 1 aromatic heterocycles. The van der Waals surface area contributed by atoms with Gasteiger partial charge in [-0.25, -0.2) is 0 Å². The van der Waals surface area contributed by atoms with Crippen molar-refractivity contribution in [2.24, 2.45) is 0 Å². The van der Waals surface area contributed by atoms with Gasteiger partial charge in [0.05, 0.1) is 20.8 Å². The lowest BCUT2D eigenvalue weighted by Crippen LogP contribution is -2.46. The van der Waals surface area contributed by atoms with Crippen LogP contribution >= 0.6 is 0 Å². The highest BCUT2D eigenvalue weighted by Gasteiger charge is 2.30.